The van der Waals surface area contributed by atoms with Crippen molar-refractivity contribution in [2.24, 2.45) is 5.14 Å². The molecule has 1 aromatic carbocycles. The van der Waals surface area contributed by atoms with E-state index in [1.54, 1.807) is 31.4 Å². The molecule has 1 aliphatic heterocycles. The number of rotatable bonds is 5. The highest BCUT2D eigenvalue weighted by molar-refractivity contribution is 7.97. The van der Waals surface area contributed by atoms with Crippen LogP contribution in [0.2, 0.25) is 0 Å². The first kappa shape index (κ1) is 22.4. The van der Waals surface area contributed by atoms with Crippen LogP contribution in [0.1, 0.15) is 35.2 Å². The molecule has 0 aliphatic carbocycles. The molecule has 10 heteroatoms. The standard InChI is InChI=1S/C20H23F3N4O2S/c1-29-15-5-3-8-27(9-7-15)18-17(10-13(12-25-18)20(21,22)23)19(28)26-14-4-2-6-16(11-14)30-24/h2,4,6,10-12,15H,3,5,7-9,24H2,1H3,(H,26,28). The van der Waals surface area contributed by atoms with Gasteiger partial charge in [-0.15, -0.1) is 0 Å². The predicted molar refractivity (Wildman–Crippen MR) is 111 cm³/mol. The van der Waals surface area contributed by atoms with Gasteiger partial charge in [-0.3, -0.25) is 9.93 Å². The maximum atomic E-state index is 13.3. The van der Waals surface area contributed by atoms with Gasteiger partial charge in [0, 0.05) is 37.0 Å². The zero-order valence-electron chi connectivity index (χ0n) is 16.4. The van der Waals surface area contributed by atoms with Crippen LogP contribution in [0, 0.1) is 0 Å². The van der Waals surface area contributed by atoms with E-state index in [-0.39, 0.29) is 17.5 Å². The molecule has 162 valence electrons. The minimum absolute atomic E-state index is 0.0817. The summed E-state index contributed by atoms with van der Waals surface area (Å²) in [6, 6.07) is 7.63. The van der Waals surface area contributed by atoms with Gasteiger partial charge >= 0.3 is 6.18 Å². The quantitative estimate of drug-likeness (QED) is 0.674. The number of nitrogens with zero attached hydrogens (tertiary/aromatic N) is 2. The molecule has 0 radical (unpaired) electrons. The number of carbonyl (C=O) groups excluding carboxylic acids is 1. The number of hydrogen-bond donors (Lipinski definition) is 2. The highest BCUT2D eigenvalue weighted by atomic mass is 32.2. The van der Waals surface area contributed by atoms with Crippen molar-refractivity contribution in [1.82, 2.24) is 4.98 Å². The molecule has 0 saturated carbocycles. The minimum Gasteiger partial charge on any atom is -0.381 e. The second-order valence-corrected chi connectivity index (χ2v) is 7.68. The first-order valence-corrected chi connectivity index (χ1v) is 10.3. The van der Waals surface area contributed by atoms with Gasteiger partial charge in [0.1, 0.15) is 5.82 Å². The Labute approximate surface area is 177 Å². The van der Waals surface area contributed by atoms with Crippen molar-refractivity contribution in [2.45, 2.75) is 36.4 Å². The summed E-state index contributed by atoms with van der Waals surface area (Å²) in [5, 5.41) is 8.20. The van der Waals surface area contributed by atoms with Crippen LogP contribution < -0.4 is 15.4 Å². The van der Waals surface area contributed by atoms with E-state index in [1.807, 2.05) is 4.90 Å². The van der Waals surface area contributed by atoms with E-state index >= 15 is 0 Å². The maximum Gasteiger partial charge on any atom is 0.417 e. The normalized spacial score (nSPS) is 17.5. The minimum atomic E-state index is -4.60. The summed E-state index contributed by atoms with van der Waals surface area (Å²) >= 11 is 1.01. The Kier molecular flexibility index (Phi) is 7.22. The molecular weight excluding hydrogens is 417 g/mol. The number of methoxy groups -OCH3 is 1. The fourth-order valence-electron chi connectivity index (χ4n) is 3.39. The first-order valence-electron chi connectivity index (χ1n) is 9.45. The molecule has 0 spiro atoms. The molecule has 1 atom stereocenters. The van der Waals surface area contributed by atoms with Gasteiger partial charge in [0.2, 0.25) is 0 Å². The third-order valence-corrected chi connectivity index (χ3v) is 5.50. The van der Waals surface area contributed by atoms with Crippen LogP contribution >= 0.6 is 11.9 Å². The van der Waals surface area contributed by atoms with Gasteiger partial charge in [-0.05, 0) is 55.5 Å². The lowest BCUT2D eigenvalue weighted by Crippen LogP contribution is -2.29. The molecule has 1 aliphatic rings. The second kappa shape index (κ2) is 9.67. The smallest absolute Gasteiger partial charge is 0.381 e. The third-order valence-electron chi connectivity index (χ3n) is 4.97. The van der Waals surface area contributed by atoms with Gasteiger partial charge in [-0.2, -0.15) is 13.2 Å². The van der Waals surface area contributed by atoms with Crippen molar-refractivity contribution in [2.75, 3.05) is 30.4 Å². The summed E-state index contributed by atoms with van der Waals surface area (Å²) in [5.74, 6) is -0.420. The first-order chi connectivity index (χ1) is 14.3. The van der Waals surface area contributed by atoms with Crippen molar-refractivity contribution >= 4 is 29.4 Å². The van der Waals surface area contributed by atoms with Gasteiger partial charge in [-0.25, -0.2) is 4.98 Å². The Hall–Kier alpha value is -2.30. The molecule has 30 heavy (non-hydrogen) atoms. The Morgan fingerprint density at radius 1 is 1.30 bits per heavy atom. The van der Waals surface area contributed by atoms with Gasteiger partial charge in [0.15, 0.2) is 0 Å². The Morgan fingerprint density at radius 3 is 2.80 bits per heavy atom. The number of alkyl halides is 3. The van der Waals surface area contributed by atoms with E-state index in [2.05, 4.69) is 10.3 Å². The lowest BCUT2D eigenvalue weighted by Gasteiger charge is -2.24. The van der Waals surface area contributed by atoms with Gasteiger partial charge in [0.05, 0.1) is 17.2 Å². The topological polar surface area (TPSA) is 80.5 Å². The van der Waals surface area contributed by atoms with Gasteiger partial charge in [-0.1, -0.05) is 6.07 Å². The summed E-state index contributed by atoms with van der Waals surface area (Å²) in [5.41, 5.74) is -0.645. The summed E-state index contributed by atoms with van der Waals surface area (Å²) in [6.07, 6.45) is -1.40. The predicted octanol–water partition coefficient (Wildman–Crippen LogP) is 4.32. The zero-order chi connectivity index (χ0) is 21.7. The molecule has 2 heterocycles. The molecule has 3 N–H and O–H groups in total. The summed E-state index contributed by atoms with van der Waals surface area (Å²) in [4.78, 5) is 19.6. The monoisotopic (exact) mass is 440 g/mol. The van der Waals surface area contributed by atoms with E-state index in [4.69, 9.17) is 9.88 Å². The molecule has 6 nitrogen and oxygen atoms in total. The molecule has 2 aromatic rings. The van der Waals surface area contributed by atoms with Gasteiger partial charge < -0.3 is 15.0 Å². The summed E-state index contributed by atoms with van der Waals surface area (Å²) in [6.45, 7) is 1.12. The molecule has 1 aromatic heterocycles. The Morgan fingerprint density at radius 2 is 2.10 bits per heavy atom. The van der Waals surface area contributed by atoms with Crippen molar-refractivity contribution in [3.05, 3.63) is 47.7 Å². The van der Waals surface area contributed by atoms with Crippen LogP contribution in [0.3, 0.4) is 0 Å². The van der Waals surface area contributed by atoms with Crippen LogP contribution in [0.4, 0.5) is 24.7 Å². The lowest BCUT2D eigenvalue weighted by atomic mass is 10.1. The molecule has 3 rings (SSSR count). The van der Waals surface area contributed by atoms with Crippen LogP contribution in [-0.4, -0.2) is 37.2 Å². The molecule has 0 bridgehead atoms. The number of carbonyl (C=O) groups is 1. The van der Waals surface area contributed by atoms with Crippen LogP contribution in [-0.2, 0) is 10.9 Å². The number of anilines is 2. The largest absolute Gasteiger partial charge is 0.417 e. The number of nitrogens with one attached hydrogen (secondary N) is 1. The number of halogens is 3. The SMILES string of the molecule is COC1CCCN(c2ncc(C(F)(F)F)cc2C(=O)Nc2cccc(SN)c2)CC1. The maximum absolute atomic E-state index is 13.3. The number of benzene rings is 1. The molecule has 1 amide bonds. The number of hydrogen-bond acceptors (Lipinski definition) is 6. The average Bonchev–Trinajstić information content (AvgIpc) is 2.98. The van der Waals surface area contributed by atoms with E-state index in [9.17, 15) is 18.0 Å². The van der Waals surface area contributed by atoms with E-state index in [1.165, 1.54) is 0 Å². The summed E-state index contributed by atoms with van der Waals surface area (Å²) < 4.78 is 45.2. The molecular formula is C20H23F3N4O2S. The number of nitrogens with two attached hydrogens (primary N) is 1. The second-order valence-electron chi connectivity index (χ2n) is 6.97. The number of aromatic nitrogens is 1. The van der Waals surface area contributed by atoms with E-state index < -0.39 is 17.6 Å². The van der Waals surface area contributed by atoms with E-state index in [0.717, 1.165) is 37.1 Å². The van der Waals surface area contributed by atoms with Crippen molar-refractivity contribution < 1.29 is 22.7 Å². The third kappa shape index (κ3) is 5.44. The fraction of sp³-hybridized carbons (Fsp3) is 0.400. The van der Waals surface area contributed by atoms with Crippen LogP contribution in [0.15, 0.2) is 41.4 Å². The Balaban J connectivity index is 1.93. The Bertz CT molecular complexity index is 895. The summed E-state index contributed by atoms with van der Waals surface area (Å²) in [7, 11) is 1.64. The van der Waals surface area contributed by atoms with Crippen molar-refractivity contribution in [3.63, 3.8) is 0 Å². The van der Waals surface area contributed by atoms with Crippen LogP contribution in [0.5, 0.6) is 0 Å². The number of pyridine rings is 1. The van der Waals surface area contributed by atoms with Crippen molar-refractivity contribution in [3.8, 4) is 0 Å². The molecule has 1 saturated heterocycles. The highest BCUT2D eigenvalue weighted by Gasteiger charge is 2.33. The van der Waals surface area contributed by atoms with Crippen LogP contribution in [0.25, 0.3) is 0 Å². The lowest BCUT2D eigenvalue weighted by molar-refractivity contribution is -0.137. The highest BCUT2D eigenvalue weighted by Crippen LogP contribution is 2.32. The number of amides is 1. The fourth-order valence-corrected chi connectivity index (χ4v) is 3.74. The van der Waals surface area contributed by atoms with Crippen molar-refractivity contribution in [1.29, 1.82) is 0 Å². The van der Waals surface area contributed by atoms with E-state index in [0.29, 0.717) is 30.1 Å². The molecule has 1 fully saturated rings. The zero-order valence-corrected chi connectivity index (χ0v) is 17.2. The number of ether oxygens (including phenoxy) is 1. The molecule has 1 unspecified atom stereocenters. The van der Waals surface area contributed by atoms with Gasteiger partial charge in [0.25, 0.3) is 5.91 Å². The average molecular weight is 440 g/mol.